The molecule has 6 heteroatoms. The summed E-state index contributed by atoms with van der Waals surface area (Å²) in [5, 5.41) is 12.6. The van der Waals surface area contributed by atoms with E-state index < -0.39 is 0 Å². The highest BCUT2D eigenvalue weighted by atomic mass is 35.5. The summed E-state index contributed by atoms with van der Waals surface area (Å²) >= 11 is 11.8. The number of nitrogens with zero attached hydrogens (tertiary/aromatic N) is 1. The van der Waals surface area contributed by atoms with Gasteiger partial charge in [-0.15, -0.1) is 0 Å². The van der Waals surface area contributed by atoms with Crippen molar-refractivity contribution in [3.05, 3.63) is 33.8 Å². The molecule has 0 atom stereocenters. The van der Waals surface area contributed by atoms with Gasteiger partial charge in [0.1, 0.15) is 0 Å². The van der Waals surface area contributed by atoms with E-state index >= 15 is 0 Å². The van der Waals surface area contributed by atoms with E-state index in [9.17, 15) is 4.79 Å². The lowest BCUT2D eigenvalue weighted by atomic mass is 10.1. The second-order valence-electron chi connectivity index (χ2n) is 3.90. The maximum Gasteiger partial charge on any atom is 0.317 e. The molecule has 1 aromatic rings. The van der Waals surface area contributed by atoms with Crippen LogP contribution in [0.3, 0.4) is 0 Å². The number of likely N-dealkylation sites (N-methyl/N-ethyl adjacent to an activating group) is 1. The molecule has 1 aromatic carbocycles. The van der Waals surface area contributed by atoms with E-state index in [1.54, 1.807) is 13.1 Å². The maximum atomic E-state index is 11.5. The molecule has 0 bridgehead atoms. The third-order valence-electron chi connectivity index (χ3n) is 2.39. The number of carbonyl (C=O) groups excluding carboxylic acids is 1. The van der Waals surface area contributed by atoms with Gasteiger partial charge in [0.2, 0.25) is 0 Å². The van der Waals surface area contributed by atoms with E-state index in [1.165, 1.54) is 4.90 Å². The van der Waals surface area contributed by atoms with Gasteiger partial charge in [-0.2, -0.15) is 0 Å². The van der Waals surface area contributed by atoms with Crippen molar-refractivity contribution in [2.24, 2.45) is 0 Å². The molecular weight excluding hydrogens is 275 g/mol. The van der Waals surface area contributed by atoms with Crippen molar-refractivity contribution in [3.63, 3.8) is 0 Å². The van der Waals surface area contributed by atoms with Crippen LogP contribution in [-0.2, 0) is 6.42 Å². The van der Waals surface area contributed by atoms with Crippen LogP contribution >= 0.6 is 23.2 Å². The summed E-state index contributed by atoms with van der Waals surface area (Å²) in [5.74, 6) is 0. The van der Waals surface area contributed by atoms with Crippen molar-refractivity contribution in [2.45, 2.75) is 6.42 Å². The standard InChI is InChI=1S/C12H16Cl2N2O2/c1-16(4-5-17)12(18)15-3-2-9-6-10(13)8-11(14)7-9/h6-8,17H,2-5H2,1H3,(H,15,18). The van der Waals surface area contributed by atoms with Crippen molar-refractivity contribution < 1.29 is 9.90 Å². The summed E-state index contributed by atoms with van der Waals surface area (Å²) in [5.41, 5.74) is 0.970. The van der Waals surface area contributed by atoms with Crippen LogP contribution < -0.4 is 5.32 Å². The first-order chi connectivity index (χ1) is 8.52. The summed E-state index contributed by atoms with van der Waals surface area (Å²) in [7, 11) is 1.63. The predicted octanol–water partition coefficient (Wildman–Crippen LogP) is 2.17. The molecule has 4 nitrogen and oxygen atoms in total. The molecule has 2 amide bonds. The van der Waals surface area contributed by atoms with Gasteiger partial charge in [-0.1, -0.05) is 23.2 Å². The second-order valence-corrected chi connectivity index (χ2v) is 4.78. The Labute approximate surface area is 116 Å². The van der Waals surface area contributed by atoms with Gasteiger partial charge in [0, 0.05) is 30.2 Å². The fourth-order valence-electron chi connectivity index (χ4n) is 1.46. The SMILES string of the molecule is CN(CCO)C(=O)NCCc1cc(Cl)cc(Cl)c1. The van der Waals surface area contributed by atoms with Crippen LogP contribution in [0.25, 0.3) is 0 Å². The van der Waals surface area contributed by atoms with E-state index in [-0.39, 0.29) is 12.6 Å². The minimum Gasteiger partial charge on any atom is -0.395 e. The number of nitrogens with one attached hydrogen (secondary N) is 1. The lowest BCUT2D eigenvalue weighted by molar-refractivity contribution is 0.190. The number of carbonyl (C=O) groups is 1. The Hall–Kier alpha value is -0.970. The van der Waals surface area contributed by atoms with Crippen molar-refractivity contribution in [2.75, 3.05) is 26.7 Å². The Morgan fingerprint density at radius 2 is 1.94 bits per heavy atom. The number of aliphatic hydroxyl groups excluding tert-OH is 1. The lowest BCUT2D eigenvalue weighted by Gasteiger charge is -2.16. The smallest absolute Gasteiger partial charge is 0.317 e. The molecular formula is C12H16Cl2N2O2. The first-order valence-corrected chi connectivity index (χ1v) is 6.33. The summed E-state index contributed by atoms with van der Waals surface area (Å²) in [4.78, 5) is 12.9. The third kappa shape index (κ3) is 5.12. The lowest BCUT2D eigenvalue weighted by Crippen LogP contribution is -2.39. The number of rotatable bonds is 5. The molecule has 0 heterocycles. The Kier molecular flexibility index (Phi) is 6.25. The van der Waals surface area contributed by atoms with Gasteiger partial charge in [-0.3, -0.25) is 0 Å². The average molecular weight is 291 g/mol. The molecule has 0 saturated heterocycles. The predicted molar refractivity (Wildman–Crippen MR) is 73.3 cm³/mol. The van der Waals surface area contributed by atoms with Crippen LogP contribution in [0.2, 0.25) is 10.0 Å². The van der Waals surface area contributed by atoms with Crippen molar-refractivity contribution in [3.8, 4) is 0 Å². The Morgan fingerprint density at radius 1 is 1.33 bits per heavy atom. The molecule has 0 unspecified atom stereocenters. The van der Waals surface area contributed by atoms with Gasteiger partial charge in [0.15, 0.2) is 0 Å². The molecule has 0 aliphatic rings. The van der Waals surface area contributed by atoms with Gasteiger partial charge >= 0.3 is 6.03 Å². The van der Waals surface area contributed by atoms with Crippen LogP contribution in [0.1, 0.15) is 5.56 Å². The highest BCUT2D eigenvalue weighted by molar-refractivity contribution is 6.34. The first-order valence-electron chi connectivity index (χ1n) is 5.57. The van der Waals surface area contributed by atoms with Gasteiger partial charge in [0.25, 0.3) is 0 Å². The zero-order chi connectivity index (χ0) is 13.5. The highest BCUT2D eigenvalue weighted by Gasteiger charge is 2.06. The van der Waals surface area contributed by atoms with Crippen LogP contribution in [0.15, 0.2) is 18.2 Å². The topological polar surface area (TPSA) is 52.6 Å². The molecule has 0 aliphatic heterocycles. The van der Waals surface area contributed by atoms with Crippen molar-refractivity contribution in [1.29, 1.82) is 0 Å². The summed E-state index contributed by atoms with van der Waals surface area (Å²) in [6.45, 7) is 0.758. The molecule has 18 heavy (non-hydrogen) atoms. The first kappa shape index (κ1) is 15.1. The van der Waals surface area contributed by atoms with Crippen LogP contribution in [0.5, 0.6) is 0 Å². The number of urea groups is 1. The van der Waals surface area contributed by atoms with Crippen LogP contribution in [0.4, 0.5) is 4.79 Å². The van der Waals surface area contributed by atoms with Crippen LogP contribution in [0, 0.1) is 0 Å². The monoisotopic (exact) mass is 290 g/mol. The molecule has 0 fully saturated rings. The summed E-state index contributed by atoms with van der Waals surface area (Å²) in [6, 6.07) is 5.09. The quantitative estimate of drug-likeness (QED) is 0.873. The fraction of sp³-hybridized carbons (Fsp3) is 0.417. The second kappa shape index (κ2) is 7.46. The number of halogens is 2. The minimum absolute atomic E-state index is 0.0478. The molecule has 1 rings (SSSR count). The van der Waals surface area contributed by atoms with Gasteiger partial charge in [-0.05, 0) is 30.2 Å². The molecule has 2 N–H and O–H groups in total. The van der Waals surface area contributed by atoms with Crippen molar-refractivity contribution in [1.82, 2.24) is 10.2 Å². The normalized spacial score (nSPS) is 10.2. The Morgan fingerprint density at radius 3 is 2.50 bits per heavy atom. The van der Waals surface area contributed by atoms with Gasteiger partial charge in [-0.25, -0.2) is 4.79 Å². The number of hydrogen-bond acceptors (Lipinski definition) is 2. The Bertz CT molecular complexity index is 393. The summed E-state index contributed by atoms with van der Waals surface area (Å²) < 4.78 is 0. The van der Waals surface area contributed by atoms with Crippen molar-refractivity contribution >= 4 is 29.2 Å². The fourth-order valence-corrected chi connectivity index (χ4v) is 2.03. The molecule has 100 valence electrons. The molecule has 0 aromatic heterocycles. The largest absolute Gasteiger partial charge is 0.395 e. The molecule has 0 saturated carbocycles. The van der Waals surface area contributed by atoms with Gasteiger partial charge in [0.05, 0.1) is 6.61 Å². The molecule has 0 aliphatic carbocycles. The maximum absolute atomic E-state index is 11.5. The third-order valence-corrected chi connectivity index (χ3v) is 2.83. The highest BCUT2D eigenvalue weighted by Crippen LogP contribution is 2.19. The summed E-state index contributed by atoms with van der Waals surface area (Å²) in [6.07, 6.45) is 0.652. The Balaban J connectivity index is 2.39. The average Bonchev–Trinajstić information content (AvgIpc) is 2.27. The number of hydrogen-bond donors (Lipinski definition) is 2. The molecule has 0 spiro atoms. The van der Waals surface area contributed by atoms with Crippen LogP contribution in [-0.4, -0.2) is 42.8 Å². The minimum atomic E-state index is -0.211. The zero-order valence-electron chi connectivity index (χ0n) is 10.1. The van der Waals surface area contributed by atoms with E-state index in [0.29, 0.717) is 29.6 Å². The van der Waals surface area contributed by atoms with E-state index in [0.717, 1.165) is 5.56 Å². The van der Waals surface area contributed by atoms with E-state index in [4.69, 9.17) is 28.3 Å². The van der Waals surface area contributed by atoms with E-state index in [2.05, 4.69) is 5.32 Å². The number of amides is 2. The zero-order valence-corrected chi connectivity index (χ0v) is 11.6. The molecule has 0 radical (unpaired) electrons. The van der Waals surface area contributed by atoms with E-state index in [1.807, 2.05) is 12.1 Å². The number of aliphatic hydroxyl groups is 1. The van der Waals surface area contributed by atoms with Gasteiger partial charge < -0.3 is 15.3 Å². The number of benzene rings is 1.